The summed E-state index contributed by atoms with van der Waals surface area (Å²) in [6.07, 6.45) is 0. The van der Waals surface area contributed by atoms with Crippen LogP contribution in [0.4, 0.5) is 17.8 Å². The number of hydrogen-bond acceptors (Lipinski definition) is 8. The second-order valence-corrected chi connectivity index (χ2v) is 4.22. The zero-order valence-electron chi connectivity index (χ0n) is 12.0. The summed E-state index contributed by atoms with van der Waals surface area (Å²) in [4.78, 5) is 16.6. The molecule has 108 valence electrons. The van der Waals surface area contributed by atoms with Crippen molar-refractivity contribution < 1.29 is 5.11 Å². The number of aliphatic hydroxyl groups excluding tert-OH is 1. The van der Waals surface area contributed by atoms with Gasteiger partial charge in [-0.2, -0.15) is 15.0 Å². The Morgan fingerprint density at radius 2 is 1.79 bits per heavy atom. The van der Waals surface area contributed by atoms with Crippen LogP contribution in [0.15, 0.2) is 0 Å². The van der Waals surface area contributed by atoms with Crippen LogP contribution in [0.5, 0.6) is 0 Å². The van der Waals surface area contributed by atoms with E-state index in [-0.39, 0.29) is 12.6 Å². The van der Waals surface area contributed by atoms with E-state index in [1.807, 2.05) is 32.7 Å². The standard InChI is InChI=1S/C11H23N7O/c1-5-18(6-2)11-14-9(16-12)13-10(15-11)17(4)8(3)7-19/h8,19H,5-7,12H2,1-4H3,(H,13,14,15,16). The number of likely N-dealkylation sites (N-methyl/N-ethyl adjacent to an activating group) is 1. The van der Waals surface area contributed by atoms with E-state index in [1.54, 1.807) is 4.90 Å². The molecule has 1 unspecified atom stereocenters. The number of anilines is 3. The molecule has 1 rings (SSSR count). The first kappa shape index (κ1) is 15.4. The Bertz CT molecular complexity index is 397. The second kappa shape index (κ2) is 7.05. The van der Waals surface area contributed by atoms with E-state index in [1.165, 1.54) is 0 Å². The number of nitrogens with two attached hydrogens (primary N) is 1. The molecule has 19 heavy (non-hydrogen) atoms. The third-order valence-electron chi connectivity index (χ3n) is 3.03. The largest absolute Gasteiger partial charge is 0.394 e. The molecule has 0 fully saturated rings. The van der Waals surface area contributed by atoms with Crippen LogP contribution in [0.2, 0.25) is 0 Å². The summed E-state index contributed by atoms with van der Waals surface area (Å²) in [5.41, 5.74) is 2.44. The molecule has 0 aliphatic heterocycles. The van der Waals surface area contributed by atoms with Crippen LogP contribution < -0.4 is 21.1 Å². The molecule has 1 aromatic rings. The SMILES string of the molecule is CCN(CC)c1nc(NN)nc(N(C)C(C)CO)n1. The Morgan fingerprint density at radius 1 is 1.21 bits per heavy atom. The van der Waals surface area contributed by atoms with Crippen LogP contribution in [0.25, 0.3) is 0 Å². The van der Waals surface area contributed by atoms with Crippen LogP contribution >= 0.6 is 0 Å². The third kappa shape index (κ3) is 3.65. The lowest BCUT2D eigenvalue weighted by Gasteiger charge is -2.25. The van der Waals surface area contributed by atoms with Gasteiger partial charge in [0.15, 0.2) is 0 Å². The molecule has 0 amide bonds. The minimum atomic E-state index is -0.0856. The fourth-order valence-corrected chi connectivity index (χ4v) is 1.54. The summed E-state index contributed by atoms with van der Waals surface area (Å²) in [7, 11) is 1.82. The highest BCUT2D eigenvalue weighted by Gasteiger charge is 2.16. The van der Waals surface area contributed by atoms with Crippen LogP contribution in [0.3, 0.4) is 0 Å². The first-order chi connectivity index (χ1) is 9.07. The van der Waals surface area contributed by atoms with Crippen molar-refractivity contribution in [1.29, 1.82) is 0 Å². The van der Waals surface area contributed by atoms with Crippen molar-refractivity contribution in [1.82, 2.24) is 15.0 Å². The fraction of sp³-hybridized carbons (Fsp3) is 0.727. The van der Waals surface area contributed by atoms with Gasteiger partial charge in [0.1, 0.15) is 0 Å². The van der Waals surface area contributed by atoms with Crippen LogP contribution in [0, 0.1) is 0 Å². The molecule has 0 aliphatic rings. The number of nitrogens with zero attached hydrogens (tertiary/aromatic N) is 5. The maximum absolute atomic E-state index is 9.20. The van der Waals surface area contributed by atoms with Crippen LogP contribution in [-0.2, 0) is 0 Å². The first-order valence-corrected chi connectivity index (χ1v) is 6.38. The molecule has 8 heteroatoms. The van der Waals surface area contributed by atoms with Crippen molar-refractivity contribution in [2.75, 3.05) is 42.0 Å². The third-order valence-corrected chi connectivity index (χ3v) is 3.03. The van der Waals surface area contributed by atoms with Gasteiger partial charge in [0, 0.05) is 20.1 Å². The summed E-state index contributed by atoms with van der Waals surface area (Å²) in [5.74, 6) is 6.75. The molecule has 1 aromatic heterocycles. The van der Waals surface area contributed by atoms with Gasteiger partial charge in [-0.15, -0.1) is 0 Å². The predicted molar refractivity (Wildman–Crippen MR) is 76.1 cm³/mol. The van der Waals surface area contributed by atoms with E-state index in [0.717, 1.165) is 13.1 Å². The number of hydrogen-bond donors (Lipinski definition) is 3. The molecule has 4 N–H and O–H groups in total. The zero-order chi connectivity index (χ0) is 14.4. The molecule has 0 saturated carbocycles. The van der Waals surface area contributed by atoms with Gasteiger partial charge in [-0.3, -0.25) is 5.43 Å². The van der Waals surface area contributed by atoms with Crippen molar-refractivity contribution >= 4 is 17.8 Å². The number of rotatable bonds is 7. The summed E-state index contributed by atoms with van der Waals surface area (Å²) >= 11 is 0. The molecule has 0 aromatic carbocycles. The van der Waals surface area contributed by atoms with Crippen LogP contribution in [-0.4, -0.2) is 52.8 Å². The summed E-state index contributed by atoms with van der Waals surface area (Å²) in [5, 5.41) is 9.20. The minimum absolute atomic E-state index is 0.0220. The van der Waals surface area contributed by atoms with Gasteiger partial charge in [-0.1, -0.05) is 0 Å². The van der Waals surface area contributed by atoms with Crippen molar-refractivity contribution in [2.45, 2.75) is 26.8 Å². The van der Waals surface area contributed by atoms with Crippen molar-refractivity contribution in [3.8, 4) is 0 Å². The smallest absolute Gasteiger partial charge is 0.243 e. The van der Waals surface area contributed by atoms with Crippen molar-refractivity contribution in [2.24, 2.45) is 5.84 Å². The molecular formula is C11H23N7O. The molecule has 0 spiro atoms. The molecule has 0 radical (unpaired) electrons. The minimum Gasteiger partial charge on any atom is -0.394 e. The Morgan fingerprint density at radius 3 is 2.26 bits per heavy atom. The van der Waals surface area contributed by atoms with Crippen molar-refractivity contribution in [3.63, 3.8) is 0 Å². The zero-order valence-corrected chi connectivity index (χ0v) is 12.0. The van der Waals surface area contributed by atoms with Gasteiger partial charge in [-0.05, 0) is 20.8 Å². The molecule has 1 atom stereocenters. The summed E-state index contributed by atoms with van der Waals surface area (Å²) < 4.78 is 0. The quantitative estimate of drug-likeness (QED) is 0.463. The number of aliphatic hydroxyl groups is 1. The average Bonchev–Trinajstić information content (AvgIpc) is 2.46. The van der Waals surface area contributed by atoms with Gasteiger partial charge >= 0.3 is 0 Å². The Labute approximate surface area is 113 Å². The molecule has 0 aliphatic carbocycles. The van der Waals surface area contributed by atoms with Gasteiger partial charge in [0.25, 0.3) is 0 Å². The van der Waals surface area contributed by atoms with E-state index in [2.05, 4.69) is 20.4 Å². The van der Waals surface area contributed by atoms with Gasteiger partial charge < -0.3 is 14.9 Å². The van der Waals surface area contributed by atoms with Crippen molar-refractivity contribution in [3.05, 3.63) is 0 Å². The molecular weight excluding hydrogens is 246 g/mol. The highest BCUT2D eigenvalue weighted by atomic mass is 16.3. The lowest BCUT2D eigenvalue weighted by Crippen LogP contribution is -2.34. The number of nitrogens with one attached hydrogen (secondary N) is 1. The van der Waals surface area contributed by atoms with E-state index in [9.17, 15) is 5.11 Å². The molecule has 1 heterocycles. The topological polar surface area (TPSA) is 103 Å². The number of aromatic nitrogens is 3. The summed E-state index contributed by atoms with van der Waals surface area (Å²) in [6, 6.07) is -0.0856. The predicted octanol–water partition coefficient (Wildman–Crippen LogP) is -0.180. The molecule has 8 nitrogen and oxygen atoms in total. The van der Waals surface area contributed by atoms with Crippen LogP contribution in [0.1, 0.15) is 20.8 Å². The highest BCUT2D eigenvalue weighted by molar-refractivity contribution is 5.44. The number of nitrogen functional groups attached to an aromatic ring is 1. The second-order valence-electron chi connectivity index (χ2n) is 4.22. The number of hydrazine groups is 1. The summed E-state index contributed by atoms with van der Waals surface area (Å²) in [6.45, 7) is 7.56. The van der Waals surface area contributed by atoms with E-state index in [4.69, 9.17) is 5.84 Å². The van der Waals surface area contributed by atoms with Gasteiger partial charge in [0.2, 0.25) is 17.8 Å². The average molecular weight is 269 g/mol. The monoisotopic (exact) mass is 269 g/mol. The molecule has 0 saturated heterocycles. The van der Waals surface area contributed by atoms with Gasteiger partial charge in [0.05, 0.1) is 12.6 Å². The first-order valence-electron chi connectivity index (χ1n) is 6.38. The van der Waals surface area contributed by atoms with Gasteiger partial charge in [-0.25, -0.2) is 5.84 Å². The van der Waals surface area contributed by atoms with E-state index in [0.29, 0.717) is 17.8 Å². The van der Waals surface area contributed by atoms with E-state index < -0.39 is 0 Å². The Hall–Kier alpha value is -1.67. The maximum Gasteiger partial charge on any atom is 0.243 e. The fourth-order valence-electron chi connectivity index (χ4n) is 1.54. The highest BCUT2D eigenvalue weighted by Crippen LogP contribution is 2.16. The Kier molecular flexibility index (Phi) is 5.71. The normalized spacial score (nSPS) is 12.1. The lowest BCUT2D eigenvalue weighted by molar-refractivity contribution is 0.269. The Balaban J connectivity index is 3.14. The lowest BCUT2D eigenvalue weighted by atomic mass is 10.3. The molecule has 0 bridgehead atoms. The maximum atomic E-state index is 9.20. The van der Waals surface area contributed by atoms with E-state index >= 15 is 0 Å².